The molecule has 0 amide bonds. The fourth-order valence-electron chi connectivity index (χ4n) is 2.28. The summed E-state index contributed by atoms with van der Waals surface area (Å²) in [5.74, 6) is 0.242. The van der Waals surface area contributed by atoms with E-state index in [4.69, 9.17) is 16.2 Å². The molecule has 12 heteroatoms. The van der Waals surface area contributed by atoms with E-state index in [1.165, 1.54) is 12.1 Å². The molecule has 0 unspecified atom stereocenters. The second kappa shape index (κ2) is 11.7. The average Bonchev–Trinajstić information content (AvgIpc) is 2.54. The minimum absolute atomic E-state index is 0. The minimum atomic E-state index is -0.709. The van der Waals surface area contributed by atoms with Gasteiger partial charge in [-0.1, -0.05) is 0 Å². The highest BCUT2D eigenvalue weighted by molar-refractivity contribution is 5.85. The molecule has 10 nitrogen and oxygen atoms in total. The molecule has 0 aliphatic carbocycles. The Balaban J connectivity index is 0. The van der Waals surface area contributed by atoms with Crippen molar-refractivity contribution in [2.75, 3.05) is 25.7 Å². The molecule has 2 aromatic carbocycles. The van der Waals surface area contributed by atoms with E-state index in [0.29, 0.717) is 22.7 Å². The maximum atomic E-state index is 10.6. The van der Waals surface area contributed by atoms with Crippen LogP contribution in [0.15, 0.2) is 24.3 Å². The van der Waals surface area contributed by atoms with Crippen LogP contribution in [0.1, 0.15) is 11.1 Å². The highest BCUT2D eigenvalue weighted by atomic mass is 35.5. The lowest BCUT2D eigenvalue weighted by molar-refractivity contribution is -0.395. The van der Waals surface area contributed by atoms with Crippen molar-refractivity contribution in [1.82, 2.24) is 0 Å². The number of nitrogens with two attached hydrogens (primary N) is 2. The minimum Gasteiger partial charge on any atom is -0.492 e. The maximum Gasteiger partial charge on any atom is 0.318 e. The molecule has 0 saturated heterocycles. The van der Waals surface area contributed by atoms with Crippen molar-refractivity contribution in [3.63, 3.8) is 0 Å². The first kappa shape index (κ1) is 27.2. The molecule has 0 heterocycles. The zero-order valence-electron chi connectivity index (χ0n) is 15.6. The molecule has 28 heavy (non-hydrogen) atoms. The van der Waals surface area contributed by atoms with Gasteiger partial charge in [0.15, 0.2) is 5.75 Å². The quantitative estimate of drug-likeness (QED) is 0.415. The van der Waals surface area contributed by atoms with Gasteiger partial charge in [0, 0.05) is 12.1 Å². The number of ether oxygens (including phenoxy) is 2. The Hall–Kier alpha value is -2.98. The Labute approximate surface area is 173 Å². The number of nitrogens with zero attached hydrogens (tertiary/aromatic N) is 2. The number of rotatable bonds is 4. The average molecular weight is 437 g/mol. The number of anilines is 2. The highest BCUT2D eigenvalue weighted by Crippen LogP contribution is 2.37. The first-order valence-electron chi connectivity index (χ1n) is 7.29. The summed E-state index contributed by atoms with van der Waals surface area (Å²) in [4.78, 5) is 19.8. The largest absolute Gasteiger partial charge is 0.492 e. The Morgan fingerprint density at radius 1 is 0.750 bits per heavy atom. The fourth-order valence-corrected chi connectivity index (χ4v) is 2.28. The topological polar surface area (TPSA) is 157 Å². The number of hydrogen-bond donors (Lipinski definition) is 2. The number of hydrogen-bond acceptors (Lipinski definition) is 8. The van der Waals surface area contributed by atoms with Gasteiger partial charge >= 0.3 is 11.4 Å². The van der Waals surface area contributed by atoms with Gasteiger partial charge in [0.2, 0.25) is 0 Å². The van der Waals surface area contributed by atoms with E-state index in [-0.39, 0.29) is 30.6 Å². The number of methoxy groups -OCH3 is 2. The van der Waals surface area contributed by atoms with Crippen LogP contribution in [0.4, 0.5) is 22.7 Å². The SMILES string of the molecule is COc1c(N)cc(C)cc1N.COc1c([N+](=O)[O-])cc(C)cc1[N+](=O)[O-].Cl.Cl. The fraction of sp³-hybridized carbons (Fsp3) is 0.250. The Morgan fingerprint density at radius 2 is 1.07 bits per heavy atom. The zero-order valence-corrected chi connectivity index (χ0v) is 17.3. The molecule has 0 aliphatic rings. The predicted molar refractivity (Wildman–Crippen MR) is 112 cm³/mol. The van der Waals surface area contributed by atoms with Crippen LogP contribution in [0.2, 0.25) is 0 Å². The third-order valence-corrected chi connectivity index (χ3v) is 3.29. The lowest BCUT2D eigenvalue weighted by atomic mass is 10.2. The molecule has 0 saturated carbocycles. The van der Waals surface area contributed by atoms with E-state index in [0.717, 1.165) is 12.7 Å². The van der Waals surface area contributed by atoms with Crippen molar-refractivity contribution in [3.05, 3.63) is 55.6 Å². The lowest BCUT2D eigenvalue weighted by Crippen LogP contribution is -1.99. The van der Waals surface area contributed by atoms with Gasteiger partial charge in [0.25, 0.3) is 5.75 Å². The van der Waals surface area contributed by atoms with Gasteiger partial charge in [0.1, 0.15) is 0 Å². The molecule has 156 valence electrons. The molecule has 0 aliphatic heterocycles. The Bertz CT molecular complexity index is 790. The van der Waals surface area contributed by atoms with Gasteiger partial charge in [-0.25, -0.2) is 0 Å². The van der Waals surface area contributed by atoms with E-state index >= 15 is 0 Å². The maximum absolute atomic E-state index is 10.6. The molecule has 2 rings (SSSR count). The molecule has 0 atom stereocenters. The monoisotopic (exact) mass is 436 g/mol. The Kier molecular flexibility index (Phi) is 11.4. The third-order valence-electron chi connectivity index (χ3n) is 3.29. The predicted octanol–water partition coefficient (Wildman–Crippen LogP) is 3.83. The van der Waals surface area contributed by atoms with E-state index in [9.17, 15) is 20.2 Å². The molecule has 0 spiro atoms. The van der Waals surface area contributed by atoms with E-state index in [2.05, 4.69) is 4.74 Å². The number of nitro groups is 2. The summed E-state index contributed by atoms with van der Waals surface area (Å²) in [6, 6.07) is 6.11. The zero-order chi connectivity index (χ0) is 20.0. The van der Waals surface area contributed by atoms with Crippen LogP contribution in [0.3, 0.4) is 0 Å². The van der Waals surface area contributed by atoms with Crippen molar-refractivity contribution in [2.45, 2.75) is 13.8 Å². The third kappa shape index (κ3) is 6.63. The van der Waals surface area contributed by atoms with Crippen molar-refractivity contribution in [2.24, 2.45) is 0 Å². The normalized spacial score (nSPS) is 9.00. The number of aryl methyl sites for hydroxylation is 2. The first-order valence-corrected chi connectivity index (χ1v) is 7.29. The standard InChI is InChI=1S/C8H8N2O5.C8H12N2O.2ClH/c1-5-3-6(9(11)12)8(15-2)7(4-5)10(13)14;1-5-3-6(9)8(11-2)7(10)4-5;;/h3-4H,1-2H3;3-4H,9-10H2,1-2H3;2*1H. The van der Waals surface area contributed by atoms with Crippen LogP contribution in [0, 0.1) is 34.1 Å². The Morgan fingerprint density at radius 3 is 1.36 bits per heavy atom. The van der Waals surface area contributed by atoms with Crippen LogP contribution in [-0.4, -0.2) is 24.1 Å². The molecule has 2 aromatic rings. The van der Waals surface area contributed by atoms with Crippen molar-refractivity contribution >= 4 is 47.6 Å². The van der Waals surface area contributed by atoms with Crippen molar-refractivity contribution < 1.29 is 19.3 Å². The smallest absolute Gasteiger partial charge is 0.318 e. The first-order chi connectivity index (χ1) is 12.1. The molecular weight excluding hydrogens is 415 g/mol. The number of halogens is 2. The van der Waals surface area contributed by atoms with E-state index in [1.54, 1.807) is 14.0 Å². The van der Waals surface area contributed by atoms with Crippen LogP contribution < -0.4 is 20.9 Å². The summed E-state index contributed by atoms with van der Waals surface area (Å²) >= 11 is 0. The number of benzene rings is 2. The highest BCUT2D eigenvalue weighted by Gasteiger charge is 2.26. The number of nitro benzene ring substituents is 2. The summed E-state index contributed by atoms with van der Waals surface area (Å²) in [6.45, 7) is 3.48. The summed E-state index contributed by atoms with van der Waals surface area (Å²) in [6.07, 6.45) is 0. The molecular formula is C16H22Cl2N4O6. The molecule has 0 fully saturated rings. The van der Waals surface area contributed by atoms with Gasteiger partial charge in [-0.3, -0.25) is 20.2 Å². The molecule has 0 aromatic heterocycles. The number of nitrogen functional groups attached to an aromatic ring is 2. The van der Waals surface area contributed by atoms with E-state index < -0.39 is 21.2 Å². The second-order valence-electron chi connectivity index (χ2n) is 5.33. The van der Waals surface area contributed by atoms with Gasteiger partial charge in [-0.2, -0.15) is 0 Å². The van der Waals surface area contributed by atoms with Crippen molar-refractivity contribution in [1.29, 1.82) is 0 Å². The molecule has 0 radical (unpaired) electrons. The van der Waals surface area contributed by atoms with Crippen LogP contribution >= 0.6 is 24.8 Å². The second-order valence-corrected chi connectivity index (χ2v) is 5.33. The van der Waals surface area contributed by atoms with E-state index in [1.807, 2.05) is 19.1 Å². The van der Waals surface area contributed by atoms with Crippen LogP contribution in [0.5, 0.6) is 11.5 Å². The molecule has 0 bridgehead atoms. The summed E-state index contributed by atoms with van der Waals surface area (Å²) in [5, 5.41) is 21.2. The van der Waals surface area contributed by atoms with Gasteiger partial charge < -0.3 is 20.9 Å². The van der Waals surface area contributed by atoms with Gasteiger partial charge in [-0.05, 0) is 37.1 Å². The van der Waals surface area contributed by atoms with Crippen LogP contribution in [0.25, 0.3) is 0 Å². The summed E-state index contributed by atoms with van der Waals surface area (Å²) in [5.41, 5.74) is 13.1. The van der Waals surface area contributed by atoms with Crippen molar-refractivity contribution in [3.8, 4) is 11.5 Å². The van der Waals surface area contributed by atoms with Crippen LogP contribution in [-0.2, 0) is 0 Å². The van der Waals surface area contributed by atoms with Gasteiger partial charge in [-0.15, -0.1) is 24.8 Å². The lowest BCUT2D eigenvalue weighted by Gasteiger charge is -2.07. The molecule has 4 N–H and O–H groups in total. The van der Waals surface area contributed by atoms with Gasteiger partial charge in [0.05, 0.1) is 35.4 Å². The summed E-state index contributed by atoms with van der Waals surface area (Å²) < 4.78 is 9.65. The summed E-state index contributed by atoms with van der Waals surface area (Å²) in [7, 11) is 2.71.